The average molecular weight is 172 g/mol. The van der Waals surface area contributed by atoms with Gasteiger partial charge in [-0.3, -0.25) is 0 Å². The van der Waals surface area contributed by atoms with E-state index < -0.39 is 0 Å². The zero-order valence-corrected chi connectivity index (χ0v) is 6.99. The smallest absolute Gasteiger partial charge is 0.138 e. The van der Waals surface area contributed by atoms with E-state index in [1.165, 1.54) is 5.57 Å². The molecule has 64 valence electrons. The third-order valence-electron chi connectivity index (χ3n) is 2.26. The van der Waals surface area contributed by atoms with Crippen molar-refractivity contribution >= 4 is 5.57 Å². The van der Waals surface area contributed by atoms with Gasteiger partial charge in [-0.1, -0.05) is 6.07 Å². The summed E-state index contributed by atoms with van der Waals surface area (Å²) in [6.45, 7) is 0.649. The summed E-state index contributed by atoms with van der Waals surface area (Å²) in [6.07, 6.45) is 5.74. The van der Waals surface area contributed by atoms with E-state index in [-0.39, 0.29) is 0 Å². The molecule has 0 fully saturated rings. The van der Waals surface area contributed by atoms with Crippen LogP contribution in [0.1, 0.15) is 5.56 Å². The molecule has 2 aliphatic heterocycles. The molecular formula is C11H8O2. The van der Waals surface area contributed by atoms with Gasteiger partial charge >= 0.3 is 0 Å². The first-order valence-electron chi connectivity index (χ1n) is 4.25. The van der Waals surface area contributed by atoms with Crippen LogP contribution in [-0.2, 0) is 0 Å². The minimum atomic E-state index is 0.649. The highest BCUT2D eigenvalue weighted by molar-refractivity contribution is 5.83. The lowest BCUT2D eigenvalue weighted by Gasteiger charge is -2.21. The number of benzene rings is 1. The summed E-state index contributed by atoms with van der Waals surface area (Å²) < 4.78 is 10.8. The molecule has 0 unspecified atom stereocenters. The molecule has 2 heterocycles. The fourth-order valence-corrected chi connectivity index (χ4v) is 1.67. The van der Waals surface area contributed by atoms with E-state index in [1.54, 1.807) is 6.26 Å². The maximum absolute atomic E-state index is 5.48. The minimum absolute atomic E-state index is 0.649. The van der Waals surface area contributed by atoms with Crippen molar-refractivity contribution < 1.29 is 9.47 Å². The largest absolute Gasteiger partial charge is 0.489 e. The fraction of sp³-hybridized carbons (Fsp3) is 0.0909. The third kappa shape index (κ3) is 0.886. The number of ether oxygens (including phenoxy) is 2. The number of allylic oxidation sites excluding steroid dienone is 2. The Morgan fingerprint density at radius 1 is 1.15 bits per heavy atom. The van der Waals surface area contributed by atoms with Gasteiger partial charge in [-0.2, -0.15) is 0 Å². The Morgan fingerprint density at radius 3 is 3.08 bits per heavy atom. The van der Waals surface area contributed by atoms with E-state index in [1.807, 2.05) is 24.3 Å². The topological polar surface area (TPSA) is 18.5 Å². The van der Waals surface area contributed by atoms with Crippen LogP contribution in [0.15, 0.2) is 36.6 Å². The second-order valence-electron chi connectivity index (χ2n) is 3.02. The Balaban J connectivity index is 2.32. The molecule has 0 N–H and O–H groups in total. The molecule has 1 aromatic rings. The van der Waals surface area contributed by atoms with E-state index in [2.05, 4.69) is 6.08 Å². The van der Waals surface area contributed by atoms with Gasteiger partial charge in [0.25, 0.3) is 0 Å². The van der Waals surface area contributed by atoms with Gasteiger partial charge in [0.2, 0.25) is 0 Å². The molecule has 0 aliphatic carbocycles. The lowest BCUT2D eigenvalue weighted by molar-refractivity contribution is 0.352. The zero-order chi connectivity index (χ0) is 8.67. The third-order valence-corrected chi connectivity index (χ3v) is 2.26. The van der Waals surface area contributed by atoms with Gasteiger partial charge in [-0.15, -0.1) is 0 Å². The van der Waals surface area contributed by atoms with E-state index in [0.717, 1.165) is 17.1 Å². The molecule has 0 bridgehead atoms. The second kappa shape index (κ2) is 2.39. The first-order chi connectivity index (χ1) is 6.45. The average Bonchev–Trinajstić information content (AvgIpc) is 2.19. The van der Waals surface area contributed by atoms with Crippen LogP contribution in [-0.4, -0.2) is 6.61 Å². The normalized spacial score (nSPS) is 16.8. The van der Waals surface area contributed by atoms with E-state index in [9.17, 15) is 0 Å². The summed E-state index contributed by atoms with van der Waals surface area (Å²) in [6, 6.07) is 5.86. The van der Waals surface area contributed by atoms with Crippen LogP contribution in [0, 0.1) is 0 Å². The van der Waals surface area contributed by atoms with Gasteiger partial charge in [-0.25, -0.2) is 0 Å². The van der Waals surface area contributed by atoms with Crippen LogP contribution in [0.4, 0.5) is 0 Å². The van der Waals surface area contributed by atoms with Crippen molar-refractivity contribution in [1.29, 1.82) is 0 Å². The first-order valence-corrected chi connectivity index (χ1v) is 4.25. The molecule has 2 nitrogen and oxygen atoms in total. The Labute approximate surface area is 76.1 Å². The van der Waals surface area contributed by atoms with Crippen molar-refractivity contribution in [3.05, 3.63) is 42.2 Å². The fourth-order valence-electron chi connectivity index (χ4n) is 1.67. The molecule has 0 saturated carbocycles. The SMILES string of the molecule is C1=CC2=CCOc3cccc(c32)O1. The summed E-state index contributed by atoms with van der Waals surface area (Å²) in [5.74, 6) is 1.80. The second-order valence-corrected chi connectivity index (χ2v) is 3.02. The maximum Gasteiger partial charge on any atom is 0.138 e. The Kier molecular flexibility index (Phi) is 1.25. The van der Waals surface area contributed by atoms with E-state index in [4.69, 9.17) is 9.47 Å². The van der Waals surface area contributed by atoms with Crippen molar-refractivity contribution in [3.8, 4) is 11.5 Å². The van der Waals surface area contributed by atoms with Gasteiger partial charge in [0.15, 0.2) is 0 Å². The van der Waals surface area contributed by atoms with E-state index >= 15 is 0 Å². The van der Waals surface area contributed by atoms with Crippen LogP contribution < -0.4 is 9.47 Å². The summed E-state index contributed by atoms with van der Waals surface area (Å²) in [5, 5.41) is 0. The first kappa shape index (κ1) is 6.78. The number of rotatable bonds is 0. The molecule has 0 spiro atoms. The van der Waals surface area contributed by atoms with Crippen LogP contribution in [0.3, 0.4) is 0 Å². The van der Waals surface area contributed by atoms with Crippen molar-refractivity contribution in [2.75, 3.05) is 6.61 Å². The van der Waals surface area contributed by atoms with Crippen LogP contribution >= 0.6 is 0 Å². The standard InChI is InChI=1S/C11H8O2/c1-2-9-11-8(4-6-12-9)5-7-13-10(11)3-1/h1-6H,7H2. The van der Waals surface area contributed by atoms with Crippen molar-refractivity contribution in [3.63, 3.8) is 0 Å². The molecule has 3 rings (SSSR count). The van der Waals surface area contributed by atoms with E-state index in [0.29, 0.717) is 6.61 Å². The predicted octanol–water partition coefficient (Wildman–Crippen LogP) is 2.37. The quantitative estimate of drug-likeness (QED) is 0.598. The summed E-state index contributed by atoms with van der Waals surface area (Å²) in [4.78, 5) is 0. The Morgan fingerprint density at radius 2 is 2.08 bits per heavy atom. The van der Waals surface area contributed by atoms with Gasteiger partial charge in [0.05, 0.1) is 11.8 Å². The van der Waals surface area contributed by atoms with Crippen LogP contribution in [0.2, 0.25) is 0 Å². The summed E-state index contributed by atoms with van der Waals surface area (Å²) in [7, 11) is 0. The van der Waals surface area contributed by atoms with Crippen LogP contribution in [0.25, 0.3) is 5.57 Å². The van der Waals surface area contributed by atoms with Gasteiger partial charge in [0, 0.05) is 0 Å². The monoisotopic (exact) mass is 172 g/mol. The van der Waals surface area contributed by atoms with Gasteiger partial charge < -0.3 is 9.47 Å². The van der Waals surface area contributed by atoms with Gasteiger partial charge in [-0.05, 0) is 29.9 Å². The molecule has 13 heavy (non-hydrogen) atoms. The molecule has 0 radical (unpaired) electrons. The number of hydrogen-bond donors (Lipinski definition) is 0. The Hall–Kier alpha value is -1.70. The molecule has 0 amide bonds. The molecule has 0 saturated heterocycles. The van der Waals surface area contributed by atoms with Gasteiger partial charge in [0.1, 0.15) is 18.1 Å². The molecule has 1 aromatic carbocycles. The van der Waals surface area contributed by atoms with Crippen LogP contribution in [0.5, 0.6) is 11.5 Å². The summed E-state index contributed by atoms with van der Waals surface area (Å²) in [5.41, 5.74) is 2.28. The maximum atomic E-state index is 5.48. The highest BCUT2D eigenvalue weighted by atomic mass is 16.5. The predicted molar refractivity (Wildman–Crippen MR) is 49.7 cm³/mol. The zero-order valence-electron chi connectivity index (χ0n) is 6.99. The highest BCUT2D eigenvalue weighted by Gasteiger charge is 2.19. The van der Waals surface area contributed by atoms with Crippen molar-refractivity contribution in [1.82, 2.24) is 0 Å². The molecule has 2 aliphatic rings. The lowest BCUT2D eigenvalue weighted by atomic mass is 10.0. The highest BCUT2D eigenvalue weighted by Crippen LogP contribution is 2.39. The molecule has 0 atom stereocenters. The molecular weight excluding hydrogens is 164 g/mol. The van der Waals surface area contributed by atoms with Crippen molar-refractivity contribution in [2.24, 2.45) is 0 Å². The molecule has 2 heteroatoms. The number of hydrogen-bond acceptors (Lipinski definition) is 2. The lowest BCUT2D eigenvalue weighted by Crippen LogP contribution is -2.07. The minimum Gasteiger partial charge on any atom is -0.489 e. The summed E-state index contributed by atoms with van der Waals surface area (Å²) >= 11 is 0. The van der Waals surface area contributed by atoms with Crippen molar-refractivity contribution in [2.45, 2.75) is 0 Å². The molecule has 0 aromatic heterocycles. The Bertz CT molecular complexity index is 416.